The molecule has 2 rings (SSSR count). The summed E-state index contributed by atoms with van der Waals surface area (Å²) in [5, 5.41) is 6.21. The molecule has 0 aliphatic carbocycles. The molecular formula is C15H21ClN4O3. The summed E-state index contributed by atoms with van der Waals surface area (Å²) in [6, 6.07) is 6.65. The third-order valence-electron chi connectivity index (χ3n) is 3.56. The number of aryl methyl sites for hydroxylation is 1. The molecule has 0 atom stereocenters. The number of aromatic amines is 1. The standard InChI is InChI=1S/C15H20N4O3.ClH/c1-16-8-10-18(2)13(20)7-9-19-15(22)12-6-4-3-5-11(12)14(21)17-19;/h3-6,16H,7-10H2,1-2H3,(H,17,21);1H. The van der Waals surface area contributed by atoms with Gasteiger partial charge in [-0.2, -0.15) is 0 Å². The maximum Gasteiger partial charge on any atom is 0.273 e. The third kappa shape index (κ3) is 4.43. The van der Waals surface area contributed by atoms with Gasteiger partial charge in [-0.25, -0.2) is 4.68 Å². The monoisotopic (exact) mass is 340 g/mol. The van der Waals surface area contributed by atoms with E-state index in [4.69, 9.17) is 0 Å². The average Bonchev–Trinajstić information content (AvgIpc) is 2.54. The number of hydrogen-bond donors (Lipinski definition) is 2. The molecule has 0 saturated heterocycles. The number of benzene rings is 1. The first-order chi connectivity index (χ1) is 10.5. The molecule has 1 heterocycles. The minimum Gasteiger partial charge on any atom is -0.344 e. The Balaban J connectivity index is 0.00000264. The number of H-pyrrole nitrogens is 1. The first-order valence-electron chi connectivity index (χ1n) is 7.15. The van der Waals surface area contributed by atoms with E-state index in [1.165, 1.54) is 4.68 Å². The summed E-state index contributed by atoms with van der Waals surface area (Å²) in [5.41, 5.74) is -0.618. The van der Waals surface area contributed by atoms with Crippen molar-refractivity contribution in [1.29, 1.82) is 0 Å². The lowest BCUT2D eigenvalue weighted by Crippen LogP contribution is -2.35. The molecule has 0 unspecified atom stereocenters. The third-order valence-corrected chi connectivity index (χ3v) is 3.56. The van der Waals surface area contributed by atoms with Crippen molar-refractivity contribution in [3.8, 4) is 0 Å². The van der Waals surface area contributed by atoms with Crippen molar-refractivity contribution in [1.82, 2.24) is 20.0 Å². The van der Waals surface area contributed by atoms with Crippen LogP contribution < -0.4 is 16.4 Å². The van der Waals surface area contributed by atoms with E-state index in [9.17, 15) is 14.4 Å². The fourth-order valence-electron chi connectivity index (χ4n) is 2.21. The van der Waals surface area contributed by atoms with Crippen LogP contribution in [-0.4, -0.2) is 47.8 Å². The van der Waals surface area contributed by atoms with E-state index in [1.807, 2.05) is 7.05 Å². The van der Waals surface area contributed by atoms with Gasteiger partial charge in [0.2, 0.25) is 5.91 Å². The maximum atomic E-state index is 12.3. The number of amides is 1. The van der Waals surface area contributed by atoms with Gasteiger partial charge in [-0.1, -0.05) is 12.1 Å². The zero-order valence-electron chi connectivity index (χ0n) is 13.2. The van der Waals surface area contributed by atoms with Crippen molar-refractivity contribution in [3.05, 3.63) is 45.0 Å². The summed E-state index contributed by atoms with van der Waals surface area (Å²) in [6.45, 7) is 1.45. The predicted octanol–water partition coefficient (Wildman–Crippen LogP) is 0.180. The second-order valence-corrected chi connectivity index (χ2v) is 5.11. The average molecular weight is 341 g/mol. The Morgan fingerprint density at radius 2 is 1.91 bits per heavy atom. The van der Waals surface area contributed by atoms with E-state index >= 15 is 0 Å². The van der Waals surface area contributed by atoms with Crippen molar-refractivity contribution in [2.75, 3.05) is 27.2 Å². The smallest absolute Gasteiger partial charge is 0.273 e. The van der Waals surface area contributed by atoms with Crippen LogP contribution >= 0.6 is 12.4 Å². The second-order valence-electron chi connectivity index (χ2n) is 5.11. The van der Waals surface area contributed by atoms with Crippen LogP contribution in [0.3, 0.4) is 0 Å². The number of carbonyl (C=O) groups is 1. The molecule has 0 spiro atoms. The highest BCUT2D eigenvalue weighted by atomic mass is 35.5. The predicted molar refractivity (Wildman–Crippen MR) is 92.3 cm³/mol. The lowest BCUT2D eigenvalue weighted by Gasteiger charge is -2.17. The van der Waals surface area contributed by atoms with Crippen LogP contribution in [0.4, 0.5) is 0 Å². The van der Waals surface area contributed by atoms with Crippen molar-refractivity contribution in [2.45, 2.75) is 13.0 Å². The summed E-state index contributed by atoms with van der Waals surface area (Å²) in [7, 11) is 3.53. The van der Waals surface area contributed by atoms with Gasteiger partial charge in [0.25, 0.3) is 11.1 Å². The van der Waals surface area contributed by atoms with Gasteiger partial charge in [0.05, 0.1) is 17.3 Å². The molecular weight excluding hydrogens is 320 g/mol. The number of rotatable bonds is 6. The Bertz CT molecular complexity index is 784. The van der Waals surface area contributed by atoms with Gasteiger partial charge in [-0.05, 0) is 19.2 Å². The summed E-state index contributed by atoms with van der Waals surface area (Å²) in [6.07, 6.45) is 0.161. The van der Waals surface area contributed by atoms with Crippen LogP contribution in [0.1, 0.15) is 6.42 Å². The first-order valence-corrected chi connectivity index (χ1v) is 7.15. The van der Waals surface area contributed by atoms with Crippen molar-refractivity contribution >= 4 is 29.1 Å². The minimum absolute atomic E-state index is 0. The first kappa shape index (κ1) is 18.9. The Labute approximate surface area is 139 Å². The largest absolute Gasteiger partial charge is 0.344 e. The second kappa shape index (κ2) is 8.50. The molecule has 1 amide bonds. The number of nitrogens with one attached hydrogen (secondary N) is 2. The van der Waals surface area contributed by atoms with E-state index < -0.39 is 0 Å². The van der Waals surface area contributed by atoms with E-state index in [0.29, 0.717) is 23.9 Å². The summed E-state index contributed by atoms with van der Waals surface area (Å²) < 4.78 is 1.20. The molecule has 0 aliphatic rings. The zero-order chi connectivity index (χ0) is 16.1. The van der Waals surface area contributed by atoms with Gasteiger partial charge >= 0.3 is 0 Å². The summed E-state index contributed by atoms with van der Waals surface area (Å²) in [4.78, 5) is 37.8. The number of carbonyl (C=O) groups excluding carboxylic acids is 1. The molecule has 0 saturated carbocycles. The summed E-state index contributed by atoms with van der Waals surface area (Å²) in [5.74, 6) is -0.0730. The highest BCUT2D eigenvalue weighted by Gasteiger charge is 2.11. The van der Waals surface area contributed by atoms with Crippen LogP contribution in [0.5, 0.6) is 0 Å². The Hall–Kier alpha value is -2.12. The van der Waals surface area contributed by atoms with E-state index in [2.05, 4.69) is 10.4 Å². The molecule has 0 fully saturated rings. The summed E-state index contributed by atoms with van der Waals surface area (Å²) >= 11 is 0. The highest BCUT2D eigenvalue weighted by Crippen LogP contribution is 2.02. The van der Waals surface area contributed by atoms with Gasteiger partial charge in [0.1, 0.15) is 0 Å². The molecule has 23 heavy (non-hydrogen) atoms. The Kier molecular flexibility index (Phi) is 6.99. The van der Waals surface area contributed by atoms with E-state index in [1.54, 1.807) is 36.2 Å². The number of halogens is 1. The molecule has 126 valence electrons. The number of nitrogens with zero attached hydrogens (tertiary/aromatic N) is 2. The quantitative estimate of drug-likeness (QED) is 0.785. The fraction of sp³-hybridized carbons (Fsp3) is 0.400. The molecule has 1 aromatic carbocycles. The fourth-order valence-corrected chi connectivity index (χ4v) is 2.21. The Morgan fingerprint density at radius 1 is 1.26 bits per heavy atom. The molecule has 2 N–H and O–H groups in total. The van der Waals surface area contributed by atoms with Gasteiger partial charge in [0, 0.05) is 26.6 Å². The molecule has 0 radical (unpaired) electrons. The lowest BCUT2D eigenvalue weighted by atomic mass is 10.2. The molecule has 2 aromatic rings. The van der Waals surface area contributed by atoms with Gasteiger partial charge in [-0.15, -0.1) is 12.4 Å². The number of hydrogen-bond acceptors (Lipinski definition) is 4. The lowest BCUT2D eigenvalue weighted by molar-refractivity contribution is -0.130. The van der Waals surface area contributed by atoms with Crippen molar-refractivity contribution in [3.63, 3.8) is 0 Å². The van der Waals surface area contributed by atoms with Crippen LogP contribution in [0.2, 0.25) is 0 Å². The van der Waals surface area contributed by atoms with Crippen LogP contribution in [0, 0.1) is 0 Å². The van der Waals surface area contributed by atoms with E-state index in [0.717, 1.165) is 0 Å². The molecule has 0 bridgehead atoms. The van der Waals surface area contributed by atoms with Crippen LogP contribution in [-0.2, 0) is 11.3 Å². The van der Waals surface area contributed by atoms with Crippen LogP contribution in [0.25, 0.3) is 10.8 Å². The molecule has 8 heteroatoms. The van der Waals surface area contributed by atoms with Crippen LogP contribution in [0.15, 0.2) is 33.9 Å². The SMILES string of the molecule is CNCCN(C)C(=O)CCn1[nH]c(=O)c2ccccc2c1=O.Cl. The number of fused-ring (bicyclic) bond motifs is 1. The van der Waals surface area contributed by atoms with Gasteiger partial charge in [-0.3, -0.25) is 19.5 Å². The minimum atomic E-state index is -0.328. The van der Waals surface area contributed by atoms with Gasteiger partial charge < -0.3 is 10.2 Å². The topological polar surface area (TPSA) is 87.2 Å². The molecule has 1 aromatic heterocycles. The molecule has 7 nitrogen and oxygen atoms in total. The van der Waals surface area contributed by atoms with Crippen molar-refractivity contribution < 1.29 is 4.79 Å². The number of likely N-dealkylation sites (N-methyl/N-ethyl adjacent to an activating group) is 2. The van der Waals surface area contributed by atoms with E-state index in [-0.39, 0.29) is 42.4 Å². The Morgan fingerprint density at radius 3 is 2.57 bits per heavy atom. The molecule has 0 aliphatic heterocycles. The number of aromatic nitrogens is 2. The highest BCUT2D eigenvalue weighted by molar-refractivity contribution is 5.85. The zero-order valence-corrected chi connectivity index (χ0v) is 14.0. The normalized spacial score (nSPS) is 10.3. The van der Waals surface area contributed by atoms with Crippen molar-refractivity contribution in [2.24, 2.45) is 0 Å². The maximum absolute atomic E-state index is 12.3. The van der Waals surface area contributed by atoms with Gasteiger partial charge in [0.15, 0.2) is 0 Å².